The number of methoxy groups -OCH3 is 1. The van der Waals surface area contributed by atoms with Crippen molar-refractivity contribution in [3.8, 4) is 16.5 Å². The van der Waals surface area contributed by atoms with E-state index in [2.05, 4.69) is 10.1 Å². The van der Waals surface area contributed by atoms with Gasteiger partial charge in [-0.05, 0) is 35.0 Å². The average molecular weight is 434 g/mol. The molecule has 0 unspecified atom stereocenters. The Bertz CT molecular complexity index is 1150. The van der Waals surface area contributed by atoms with Crippen LogP contribution in [0.15, 0.2) is 68.0 Å². The number of anilines is 1. The zero-order chi connectivity index (χ0) is 19.6. The Morgan fingerprint density at radius 1 is 1.07 bits per heavy atom. The molecule has 0 saturated heterocycles. The molecule has 0 aliphatic carbocycles. The molecule has 0 aliphatic rings. The quantitative estimate of drug-likeness (QED) is 0.433. The summed E-state index contributed by atoms with van der Waals surface area (Å²) >= 11 is 2.62. The van der Waals surface area contributed by atoms with E-state index in [9.17, 15) is 8.42 Å². The molecule has 3 heterocycles. The molecular weight excluding hydrogens is 418 g/mol. The average Bonchev–Trinajstić information content (AvgIpc) is 3.48. The van der Waals surface area contributed by atoms with Crippen molar-refractivity contribution in [2.24, 2.45) is 0 Å². The number of thiophene rings is 2. The standard InChI is InChI=1S/C18H15N3O4S3/c1-24-14-7-3-2-6-13(14)21(28(22,23)17-9-5-11-27-17)12-16-19-18(20-25-16)15-8-4-10-26-15/h2-11H,12H2,1H3. The lowest BCUT2D eigenvalue weighted by Gasteiger charge is -2.23. The van der Waals surface area contributed by atoms with Crippen LogP contribution in [-0.2, 0) is 16.6 Å². The third-order valence-corrected chi connectivity index (χ3v) is 7.88. The molecule has 1 aromatic carbocycles. The van der Waals surface area contributed by atoms with E-state index in [4.69, 9.17) is 9.26 Å². The molecule has 4 rings (SSSR count). The summed E-state index contributed by atoms with van der Waals surface area (Å²) in [6.45, 7) is -0.112. The van der Waals surface area contributed by atoms with E-state index >= 15 is 0 Å². The highest BCUT2D eigenvalue weighted by Gasteiger charge is 2.30. The largest absolute Gasteiger partial charge is 0.495 e. The fraction of sp³-hybridized carbons (Fsp3) is 0.111. The minimum Gasteiger partial charge on any atom is -0.495 e. The number of ether oxygens (including phenoxy) is 1. The van der Waals surface area contributed by atoms with Gasteiger partial charge in [0.15, 0.2) is 0 Å². The van der Waals surface area contributed by atoms with Gasteiger partial charge in [-0.3, -0.25) is 4.31 Å². The first-order valence-corrected chi connectivity index (χ1v) is 11.4. The van der Waals surface area contributed by atoms with Gasteiger partial charge in [-0.2, -0.15) is 4.98 Å². The lowest BCUT2D eigenvalue weighted by atomic mass is 10.3. The molecule has 0 N–H and O–H groups in total. The summed E-state index contributed by atoms with van der Waals surface area (Å²) < 4.78 is 38.7. The number of nitrogens with zero attached hydrogens (tertiary/aromatic N) is 3. The molecule has 144 valence electrons. The van der Waals surface area contributed by atoms with E-state index in [-0.39, 0.29) is 16.6 Å². The predicted octanol–water partition coefficient (Wildman–Crippen LogP) is 4.26. The van der Waals surface area contributed by atoms with Crippen molar-refractivity contribution >= 4 is 38.4 Å². The molecule has 0 amide bonds. The molecule has 0 fully saturated rings. The summed E-state index contributed by atoms with van der Waals surface area (Å²) in [6.07, 6.45) is 0. The number of sulfonamides is 1. The fourth-order valence-electron chi connectivity index (χ4n) is 2.60. The van der Waals surface area contributed by atoms with Crippen molar-refractivity contribution in [3.63, 3.8) is 0 Å². The maximum atomic E-state index is 13.3. The highest BCUT2D eigenvalue weighted by molar-refractivity contribution is 7.94. The van der Waals surface area contributed by atoms with Crippen LogP contribution in [0.1, 0.15) is 5.89 Å². The van der Waals surface area contributed by atoms with E-state index in [1.165, 1.54) is 22.8 Å². The third-order valence-electron chi connectivity index (χ3n) is 3.88. The highest BCUT2D eigenvalue weighted by atomic mass is 32.2. The maximum absolute atomic E-state index is 13.3. The van der Waals surface area contributed by atoms with Gasteiger partial charge in [0.05, 0.1) is 17.7 Å². The van der Waals surface area contributed by atoms with Gasteiger partial charge in [-0.15, -0.1) is 22.7 Å². The second-order valence-corrected chi connectivity index (χ2v) is 9.59. The first-order valence-electron chi connectivity index (χ1n) is 8.15. The van der Waals surface area contributed by atoms with Crippen LogP contribution in [0, 0.1) is 0 Å². The van der Waals surface area contributed by atoms with Gasteiger partial charge in [-0.25, -0.2) is 8.42 Å². The van der Waals surface area contributed by atoms with E-state index in [1.807, 2.05) is 17.5 Å². The Balaban J connectivity index is 1.76. The lowest BCUT2D eigenvalue weighted by molar-refractivity contribution is 0.379. The van der Waals surface area contributed by atoms with Crippen LogP contribution in [0.4, 0.5) is 5.69 Å². The number of benzene rings is 1. The van der Waals surface area contributed by atoms with Gasteiger partial charge in [0, 0.05) is 0 Å². The molecule has 0 aliphatic heterocycles. The molecule has 0 bridgehead atoms. The highest BCUT2D eigenvalue weighted by Crippen LogP contribution is 2.34. The second-order valence-electron chi connectivity index (χ2n) is 5.60. The smallest absolute Gasteiger partial charge is 0.274 e. The number of rotatable bonds is 7. The monoisotopic (exact) mass is 433 g/mol. The summed E-state index contributed by atoms with van der Waals surface area (Å²) in [4.78, 5) is 5.20. The Hall–Kier alpha value is -2.69. The molecule has 0 atom stereocenters. The van der Waals surface area contributed by atoms with Crippen molar-refractivity contribution < 1.29 is 17.7 Å². The van der Waals surface area contributed by atoms with Crippen LogP contribution in [0.2, 0.25) is 0 Å². The van der Waals surface area contributed by atoms with Crippen LogP contribution in [-0.4, -0.2) is 25.7 Å². The van der Waals surface area contributed by atoms with Crippen molar-refractivity contribution in [2.45, 2.75) is 10.8 Å². The number of para-hydroxylation sites is 2. The summed E-state index contributed by atoms with van der Waals surface area (Å²) in [5.41, 5.74) is 0.397. The minimum absolute atomic E-state index is 0.112. The van der Waals surface area contributed by atoms with E-state index in [0.717, 1.165) is 16.2 Å². The van der Waals surface area contributed by atoms with Gasteiger partial charge in [-0.1, -0.05) is 29.4 Å². The van der Waals surface area contributed by atoms with Crippen LogP contribution in [0.3, 0.4) is 0 Å². The molecule has 10 heteroatoms. The van der Waals surface area contributed by atoms with E-state index in [1.54, 1.807) is 41.8 Å². The van der Waals surface area contributed by atoms with E-state index < -0.39 is 10.0 Å². The van der Waals surface area contributed by atoms with Gasteiger partial charge in [0.25, 0.3) is 10.0 Å². The summed E-state index contributed by atoms with van der Waals surface area (Å²) in [7, 11) is -2.34. The SMILES string of the molecule is COc1ccccc1N(Cc1nc(-c2cccs2)no1)S(=O)(=O)c1cccs1. The fourth-order valence-corrected chi connectivity index (χ4v) is 5.78. The molecule has 0 radical (unpaired) electrons. The molecule has 3 aromatic heterocycles. The van der Waals surface area contributed by atoms with Crippen LogP contribution < -0.4 is 9.04 Å². The van der Waals surface area contributed by atoms with Gasteiger partial charge in [0.1, 0.15) is 16.5 Å². The Labute approximate surface area is 169 Å². The van der Waals surface area contributed by atoms with Crippen molar-refractivity contribution in [1.29, 1.82) is 0 Å². The molecule has 0 spiro atoms. The van der Waals surface area contributed by atoms with Crippen molar-refractivity contribution in [2.75, 3.05) is 11.4 Å². The van der Waals surface area contributed by atoms with Gasteiger partial charge < -0.3 is 9.26 Å². The van der Waals surface area contributed by atoms with E-state index in [0.29, 0.717) is 17.3 Å². The first kappa shape index (κ1) is 18.7. The summed E-state index contributed by atoms with van der Waals surface area (Å²) in [5.74, 6) is 1.05. The molecule has 0 saturated carbocycles. The van der Waals surface area contributed by atoms with Crippen LogP contribution in [0.25, 0.3) is 10.7 Å². The number of hydrogen-bond donors (Lipinski definition) is 0. The minimum atomic E-state index is -3.84. The zero-order valence-corrected chi connectivity index (χ0v) is 17.1. The Morgan fingerprint density at radius 3 is 2.57 bits per heavy atom. The number of hydrogen-bond acceptors (Lipinski definition) is 8. The molecule has 7 nitrogen and oxygen atoms in total. The summed E-state index contributed by atoms with van der Waals surface area (Å²) in [6, 6.07) is 13.9. The number of aromatic nitrogens is 2. The normalized spacial score (nSPS) is 11.5. The Morgan fingerprint density at radius 2 is 1.86 bits per heavy atom. The van der Waals surface area contributed by atoms with Crippen LogP contribution >= 0.6 is 22.7 Å². The molecular formula is C18H15N3O4S3. The molecule has 28 heavy (non-hydrogen) atoms. The van der Waals surface area contributed by atoms with Gasteiger partial charge >= 0.3 is 0 Å². The summed E-state index contributed by atoms with van der Waals surface area (Å²) in [5, 5.41) is 7.59. The topological polar surface area (TPSA) is 85.5 Å². The second kappa shape index (κ2) is 7.74. The van der Waals surface area contributed by atoms with Crippen molar-refractivity contribution in [3.05, 3.63) is 65.2 Å². The maximum Gasteiger partial charge on any atom is 0.274 e. The Kier molecular flexibility index (Phi) is 5.16. The zero-order valence-electron chi connectivity index (χ0n) is 14.7. The van der Waals surface area contributed by atoms with Crippen molar-refractivity contribution in [1.82, 2.24) is 10.1 Å². The van der Waals surface area contributed by atoms with Gasteiger partial charge in [0.2, 0.25) is 11.7 Å². The predicted molar refractivity (Wildman–Crippen MR) is 108 cm³/mol. The van der Waals surface area contributed by atoms with Crippen LogP contribution in [0.5, 0.6) is 5.75 Å². The third kappa shape index (κ3) is 3.53. The lowest BCUT2D eigenvalue weighted by Crippen LogP contribution is -2.30. The molecule has 4 aromatic rings. The first-order chi connectivity index (χ1) is 13.6.